The second-order valence-corrected chi connectivity index (χ2v) is 4.64. The first-order chi connectivity index (χ1) is 7.70. The van der Waals surface area contributed by atoms with E-state index in [1.165, 1.54) is 12.8 Å². The molecule has 1 aromatic rings. The highest BCUT2D eigenvalue weighted by atomic mass is 19.1. The van der Waals surface area contributed by atoms with E-state index >= 15 is 0 Å². The summed E-state index contributed by atoms with van der Waals surface area (Å²) in [7, 11) is 0. The summed E-state index contributed by atoms with van der Waals surface area (Å²) in [6.45, 7) is 2.49. The van der Waals surface area contributed by atoms with Gasteiger partial charge >= 0.3 is 0 Å². The molecule has 3 N–H and O–H groups in total. The second kappa shape index (κ2) is 4.83. The largest absolute Gasteiger partial charge is 0.382 e. The topological polar surface area (TPSA) is 38.0 Å². The van der Waals surface area contributed by atoms with E-state index < -0.39 is 0 Å². The van der Waals surface area contributed by atoms with Gasteiger partial charge in [-0.25, -0.2) is 4.39 Å². The predicted molar refractivity (Wildman–Crippen MR) is 64.9 cm³/mol. The average molecular weight is 222 g/mol. The van der Waals surface area contributed by atoms with Crippen molar-refractivity contribution in [3.8, 4) is 0 Å². The summed E-state index contributed by atoms with van der Waals surface area (Å²) in [5.74, 6) is 0.386. The lowest BCUT2D eigenvalue weighted by Gasteiger charge is -2.20. The normalized spacial score (nSPS) is 24.7. The Balaban J connectivity index is 2.05. The lowest BCUT2D eigenvalue weighted by Crippen LogP contribution is -2.29. The SMILES string of the molecule is Cc1ccc(NC2CCCC2CN)cc1F. The smallest absolute Gasteiger partial charge is 0.128 e. The van der Waals surface area contributed by atoms with Gasteiger partial charge in [0.15, 0.2) is 0 Å². The molecular weight excluding hydrogens is 203 g/mol. The molecule has 3 heteroatoms. The van der Waals surface area contributed by atoms with Gasteiger partial charge in [0.05, 0.1) is 0 Å². The van der Waals surface area contributed by atoms with E-state index in [0.717, 1.165) is 12.1 Å². The van der Waals surface area contributed by atoms with Crippen molar-refractivity contribution in [2.75, 3.05) is 11.9 Å². The Labute approximate surface area is 96.0 Å². The van der Waals surface area contributed by atoms with Crippen molar-refractivity contribution in [1.82, 2.24) is 0 Å². The molecule has 0 heterocycles. The molecule has 88 valence electrons. The molecule has 2 unspecified atom stereocenters. The highest BCUT2D eigenvalue weighted by Crippen LogP contribution is 2.28. The molecule has 1 aliphatic carbocycles. The third-order valence-corrected chi connectivity index (χ3v) is 3.49. The minimum atomic E-state index is -0.146. The molecule has 0 saturated heterocycles. The van der Waals surface area contributed by atoms with Gasteiger partial charge in [0.25, 0.3) is 0 Å². The number of rotatable bonds is 3. The summed E-state index contributed by atoms with van der Waals surface area (Å²) < 4.78 is 13.4. The van der Waals surface area contributed by atoms with Crippen molar-refractivity contribution < 1.29 is 4.39 Å². The third kappa shape index (κ3) is 2.35. The van der Waals surface area contributed by atoms with E-state index in [4.69, 9.17) is 5.73 Å². The van der Waals surface area contributed by atoms with Gasteiger partial charge in [-0.1, -0.05) is 12.5 Å². The number of benzene rings is 1. The molecule has 2 nitrogen and oxygen atoms in total. The summed E-state index contributed by atoms with van der Waals surface area (Å²) in [6, 6.07) is 5.72. The quantitative estimate of drug-likeness (QED) is 0.825. The molecule has 1 aliphatic rings. The van der Waals surface area contributed by atoms with Gasteiger partial charge in [-0.3, -0.25) is 0 Å². The minimum Gasteiger partial charge on any atom is -0.382 e. The number of nitrogens with two attached hydrogens (primary N) is 1. The van der Waals surface area contributed by atoms with Crippen molar-refractivity contribution in [2.24, 2.45) is 11.7 Å². The van der Waals surface area contributed by atoms with Crippen LogP contribution in [0.3, 0.4) is 0 Å². The first kappa shape index (κ1) is 11.4. The number of hydrogen-bond donors (Lipinski definition) is 2. The van der Waals surface area contributed by atoms with Crippen LogP contribution in [0.1, 0.15) is 24.8 Å². The summed E-state index contributed by atoms with van der Waals surface area (Å²) in [4.78, 5) is 0. The van der Waals surface area contributed by atoms with Gasteiger partial charge in [0.2, 0.25) is 0 Å². The molecule has 1 aromatic carbocycles. The highest BCUT2D eigenvalue weighted by Gasteiger charge is 2.25. The number of halogens is 1. The molecule has 0 amide bonds. The molecule has 0 spiro atoms. The van der Waals surface area contributed by atoms with Gasteiger partial charge in [-0.05, 0) is 49.9 Å². The number of anilines is 1. The van der Waals surface area contributed by atoms with Gasteiger partial charge in [0.1, 0.15) is 5.82 Å². The molecule has 2 atom stereocenters. The predicted octanol–water partition coefficient (Wildman–Crippen LogP) is 2.67. The fourth-order valence-corrected chi connectivity index (χ4v) is 2.41. The van der Waals surface area contributed by atoms with Crippen LogP contribution in [0.4, 0.5) is 10.1 Å². The van der Waals surface area contributed by atoms with Crippen molar-refractivity contribution in [3.63, 3.8) is 0 Å². The van der Waals surface area contributed by atoms with Gasteiger partial charge in [-0.15, -0.1) is 0 Å². The van der Waals surface area contributed by atoms with E-state index in [1.807, 2.05) is 12.1 Å². The second-order valence-electron chi connectivity index (χ2n) is 4.64. The van der Waals surface area contributed by atoms with Gasteiger partial charge in [0, 0.05) is 11.7 Å². The van der Waals surface area contributed by atoms with Gasteiger partial charge in [-0.2, -0.15) is 0 Å². The average Bonchev–Trinajstić information content (AvgIpc) is 2.71. The molecule has 1 saturated carbocycles. The van der Waals surface area contributed by atoms with Crippen molar-refractivity contribution in [3.05, 3.63) is 29.6 Å². The Bertz CT molecular complexity index is 365. The first-order valence-electron chi connectivity index (χ1n) is 5.93. The monoisotopic (exact) mass is 222 g/mol. The molecule has 0 aliphatic heterocycles. The standard InChI is InChI=1S/C13H19FN2/c1-9-5-6-11(7-12(9)14)16-13-4-2-3-10(13)8-15/h5-7,10,13,16H,2-4,8,15H2,1H3. The van der Waals surface area contributed by atoms with E-state index in [9.17, 15) is 4.39 Å². The summed E-state index contributed by atoms with van der Waals surface area (Å²) >= 11 is 0. The van der Waals surface area contributed by atoms with Crippen LogP contribution in [-0.2, 0) is 0 Å². The van der Waals surface area contributed by atoms with Crippen LogP contribution in [0.25, 0.3) is 0 Å². The lowest BCUT2D eigenvalue weighted by molar-refractivity contribution is 0.516. The molecule has 1 fully saturated rings. The maximum Gasteiger partial charge on any atom is 0.128 e. The van der Waals surface area contributed by atoms with E-state index in [0.29, 0.717) is 24.1 Å². The van der Waals surface area contributed by atoms with E-state index in [-0.39, 0.29) is 5.82 Å². The molecular formula is C13H19FN2. The van der Waals surface area contributed by atoms with Crippen molar-refractivity contribution in [2.45, 2.75) is 32.2 Å². The third-order valence-electron chi connectivity index (χ3n) is 3.49. The number of nitrogens with one attached hydrogen (secondary N) is 1. The fraction of sp³-hybridized carbons (Fsp3) is 0.538. The molecule has 0 aromatic heterocycles. The molecule has 2 rings (SSSR count). The van der Waals surface area contributed by atoms with Gasteiger partial charge < -0.3 is 11.1 Å². The minimum absolute atomic E-state index is 0.146. The fourth-order valence-electron chi connectivity index (χ4n) is 2.41. The Hall–Kier alpha value is -1.09. The summed E-state index contributed by atoms with van der Waals surface area (Å²) in [5.41, 5.74) is 7.27. The van der Waals surface area contributed by atoms with E-state index in [2.05, 4.69) is 5.32 Å². The zero-order chi connectivity index (χ0) is 11.5. The van der Waals surface area contributed by atoms with Crippen LogP contribution in [-0.4, -0.2) is 12.6 Å². The van der Waals surface area contributed by atoms with Crippen LogP contribution in [0, 0.1) is 18.7 Å². The summed E-state index contributed by atoms with van der Waals surface area (Å²) in [5, 5.41) is 3.39. The van der Waals surface area contributed by atoms with Crippen LogP contribution in [0.2, 0.25) is 0 Å². The Kier molecular flexibility index (Phi) is 3.44. The Morgan fingerprint density at radius 2 is 2.25 bits per heavy atom. The Morgan fingerprint density at radius 3 is 2.94 bits per heavy atom. The van der Waals surface area contributed by atoms with Crippen molar-refractivity contribution >= 4 is 5.69 Å². The molecule has 0 bridgehead atoms. The maximum absolute atomic E-state index is 13.4. The van der Waals surface area contributed by atoms with Crippen LogP contribution in [0.5, 0.6) is 0 Å². The zero-order valence-corrected chi connectivity index (χ0v) is 9.67. The lowest BCUT2D eigenvalue weighted by atomic mass is 10.0. The number of aryl methyl sites for hydroxylation is 1. The zero-order valence-electron chi connectivity index (χ0n) is 9.67. The molecule has 0 radical (unpaired) electrons. The molecule has 16 heavy (non-hydrogen) atoms. The maximum atomic E-state index is 13.4. The number of hydrogen-bond acceptors (Lipinski definition) is 2. The first-order valence-corrected chi connectivity index (χ1v) is 5.93. The van der Waals surface area contributed by atoms with Crippen LogP contribution >= 0.6 is 0 Å². The highest BCUT2D eigenvalue weighted by molar-refractivity contribution is 5.46. The van der Waals surface area contributed by atoms with Crippen LogP contribution in [0.15, 0.2) is 18.2 Å². The van der Waals surface area contributed by atoms with E-state index in [1.54, 1.807) is 13.0 Å². The van der Waals surface area contributed by atoms with Crippen molar-refractivity contribution in [1.29, 1.82) is 0 Å². The van der Waals surface area contributed by atoms with Crippen LogP contribution < -0.4 is 11.1 Å². The summed E-state index contributed by atoms with van der Waals surface area (Å²) in [6.07, 6.45) is 3.54. The Morgan fingerprint density at radius 1 is 1.44 bits per heavy atom.